The largest absolute Gasteiger partial charge is 0.465 e. The van der Waals surface area contributed by atoms with Crippen LogP contribution in [0.25, 0.3) is 0 Å². The van der Waals surface area contributed by atoms with Crippen molar-refractivity contribution >= 4 is 5.97 Å². The first-order valence-electron chi connectivity index (χ1n) is 21.2. The number of rotatable bonds is 39. The molecule has 0 aliphatic rings. The Labute approximate surface area is 300 Å². The Morgan fingerprint density at radius 2 is 0.854 bits per heavy atom. The van der Waals surface area contributed by atoms with E-state index in [1.807, 2.05) is 0 Å². The Kier molecular flexibility index (Phi) is 39.3. The van der Waals surface area contributed by atoms with Gasteiger partial charge in [-0.05, 0) is 70.9 Å². The number of aliphatic hydroxyl groups is 1. The van der Waals surface area contributed by atoms with Crippen LogP contribution < -0.4 is 0 Å². The van der Waals surface area contributed by atoms with Crippen LogP contribution in [0.4, 0.5) is 0 Å². The van der Waals surface area contributed by atoms with Crippen LogP contribution in [-0.4, -0.2) is 73.4 Å². The van der Waals surface area contributed by atoms with Crippen molar-refractivity contribution in [2.45, 2.75) is 194 Å². The Hall–Kier alpha value is -1.17. The number of carbonyl (C=O) groups excluding carboxylic acids is 1. The van der Waals surface area contributed by atoms with Crippen molar-refractivity contribution in [2.24, 2.45) is 0 Å². The van der Waals surface area contributed by atoms with Crippen molar-refractivity contribution < 1.29 is 14.6 Å². The van der Waals surface area contributed by atoms with Crippen LogP contribution in [0.2, 0.25) is 0 Å². The zero-order chi connectivity index (χ0) is 35.0. The minimum atomic E-state index is -0.0703. The molecule has 0 amide bonds. The molecule has 0 aromatic rings. The summed E-state index contributed by atoms with van der Waals surface area (Å²) in [5.41, 5.74) is 0. The van der Waals surface area contributed by atoms with Crippen molar-refractivity contribution in [1.82, 2.24) is 9.80 Å². The summed E-state index contributed by atoms with van der Waals surface area (Å²) >= 11 is 0. The molecule has 0 spiro atoms. The highest BCUT2D eigenvalue weighted by Gasteiger charge is 2.11. The molecule has 5 nitrogen and oxygen atoms in total. The van der Waals surface area contributed by atoms with Gasteiger partial charge >= 0.3 is 5.97 Å². The fourth-order valence-corrected chi connectivity index (χ4v) is 6.32. The predicted molar refractivity (Wildman–Crippen MR) is 211 cm³/mol. The first-order valence-corrected chi connectivity index (χ1v) is 21.2. The maximum Gasteiger partial charge on any atom is 0.320 e. The fourth-order valence-electron chi connectivity index (χ4n) is 6.32. The van der Waals surface area contributed by atoms with Gasteiger partial charge in [0.15, 0.2) is 0 Å². The monoisotopic (exact) mass is 677 g/mol. The molecular weight excluding hydrogens is 592 g/mol. The maximum atomic E-state index is 12.6. The van der Waals surface area contributed by atoms with E-state index >= 15 is 0 Å². The highest BCUT2D eigenvalue weighted by atomic mass is 16.5. The number of carbonyl (C=O) groups is 1. The summed E-state index contributed by atoms with van der Waals surface area (Å²) in [5.74, 6) is -0.0703. The van der Waals surface area contributed by atoms with Crippen LogP contribution in [0.5, 0.6) is 0 Å². The van der Waals surface area contributed by atoms with E-state index in [1.54, 1.807) is 0 Å². The molecule has 5 heteroatoms. The molecule has 0 saturated carbocycles. The van der Waals surface area contributed by atoms with Crippen LogP contribution in [0.15, 0.2) is 24.3 Å². The van der Waals surface area contributed by atoms with Gasteiger partial charge in [-0.1, -0.05) is 161 Å². The van der Waals surface area contributed by atoms with E-state index in [0.717, 1.165) is 58.4 Å². The van der Waals surface area contributed by atoms with Crippen molar-refractivity contribution in [2.75, 3.05) is 52.5 Å². The van der Waals surface area contributed by atoms with Gasteiger partial charge in [0.1, 0.15) is 0 Å². The normalized spacial score (nSPS) is 12.0. The third-order valence-electron chi connectivity index (χ3n) is 9.48. The van der Waals surface area contributed by atoms with E-state index in [2.05, 4.69) is 54.9 Å². The Morgan fingerprint density at radius 3 is 1.31 bits per heavy atom. The number of ether oxygens (including phenoxy) is 1. The predicted octanol–water partition coefficient (Wildman–Crippen LogP) is 11.8. The van der Waals surface area contributed by atoms with Crippen LogP contribution in [0, 0.1) is 0 Å². The number of aliphatic hydroxyl groups excluding tert-OH is 1. The summed E-state index contributed by atoms with van der Waals surface area (Å²) in [6, 6.07) is 0. The van der Waals surface area contributed by atoms with Crippen molar-refractivity contribution in [3.8, 4) is 0 Å². The molecule has 0 heterocycles. The molecule has 0 fully saturated rings. The number of nitrogens with zero attached hydrogens (tertiary/aromatic N) is 2. The second kappa shape index (κ2) is 40.3. The number of hydrogen-bond acceptors (Lipinski definition) is 5. The van der Waals surface area contributed by atoms with Gasteiger partial charge in [0, 0.05) is 19.6 Å². The standard InChI is InChI=1S/C43H84N2O3/c1-4-7-10-13-16-17-18-22-25-30-35-44(39-40-46)36-31-26-23-19-24-29-34-41-48-43(47)42-45(37-32-27-20-14-11-8-5-2)38-33-28-21-15-12-9-6-3/h20-21,27-28,46H,4-19,22-26,29-42H2,1-3H3/b27-20-,28-21-. The smallest absolute Gasteiger partial charge is 0.320 e. The molecule has 0 bridgehead atoms. The fraction of sp³-hybridized carbons (Fsp3) is 0.884. The molecule has 0 aromatic carbocycles. The van der Waals surface area contributed by atoms with Crippen LogP contribution in [0.1, 0.15) is 194 Å². The van der Waals surface area contributed by atoms with Gasteiger partial charge in [-0.2, -0.15) is 0 Å². The van der Waals surface area contributed by atoms with Gasteiger partial charge in [-0.25, -0.2) is 0 Å². The Bertz CT molecular complexity index is 672. The van der Waals surface area contributed by atoms with E-state index in [9.17, 15) is 9.90 Å². The minimum absolute atomic E-state index is 0.0703. The highest BCUT2D eigenvalue weighted by Crippen LogP contribution is 2.12. The topological polar surface area (TPSA) is 53.0 Å². The molecule has 0 unspecified atom stereocenters. The molecule has 0 radical (unpaired) electrons. The molecule has 48 heavy (non-hydrogen) atoms. The first-order chi connectivity index (χ1) is 23.7. The van der Waals surface area contributed by atoms with E-state index in [4.69, 9.17) is 4.74 Å². The lowest BCUT2D eigenvalue weighted by atomic mass is 10.1. The number of allylic oxidation sites excluding steroid dienone is 2. The molecule has 0 rings (SSSR count). The molecule has 0 aromatic heterocycles. The quantitative estimate of drug-likeness (QED) is 0.0399. The third kappa shape index (κ3) is 36.1. The second-order valence-corrected chi connectivity index (χ2v) is 14.2. The maximum absolute atomic E-state index is 12.6. The van der Waals surface area contributed by atoms with Crippen molar-refractivity contribution in [3.05, 3.63) is 24.3 Å². The van der Waals surface area contributed by atoms with Crippen LogP contribution in [-0.2, 0) is 9.53 Å². The van der Waals surface area contributed by atoms with Gasteiger partial charge in [-0.3, -0.25) is 9.69 Å². The highest BCUT2D eigenvalue weighted by molar-refractivity contribution is 5.71. The van der Waals surface area contributed by atoms with Gasteiger partial charge in [-0.15, -0.1) is 0 Å². The zero-order valence-electron chi connectivity index (χ0n) is 32.7. The van der Waals surface area contributed by atoms with Gasteiger partial charge in [0.05, 0.1) is 19.8 Å². The lowest BCUT2D eigenvalue weighted by molar-refractivity contribution is -0.145. The summed E-state index contributed by atoms with van der Waals surface area (Å²) in [4.78, 5) is 17.4. The molecule has 0 saturated heterocycles. The van der Waals surface area contributed by atoms with Crippen molar-refractivity contribution in [1.29, 1.82) is 0 Å². The van der Waals surface area contributed by atoms with E-state index in [-0.39, 0.29) is 12.6 Å². The number of hydrogen-bond donors (Lipinski definition) is 1. The molecule has 284 valence electrons. The SMILES string of the molecule is CCCCC/C=C\CCN(CC/C=C\CCCCC)CC(=O)OCCCCCCCCCN(CCO)CCCCCCCCCCCC. The van der Waals surface area contributed by atoms with Crippen molar-refractivity contribution in [3.63, 3.8) is 0 Å². The first kappa shape index (κ1) is 46.8. The molecule has 0 aliphatic heterocycles. The summed E-state index contributed by atoms with van der Waals surface area (Å²) in [5, 5.41) is 9.49. The lowest BCUT2D eigenvalue weighted by Gasteiger charge is -2.21. The average molecular weight is 677 g/mol. The third-order valence-corrected chi connectivity index (χ3v) is 9.48. The molecule has 0 aliphatic carbocycles. The van der Waals surface area contributed by atoms with E-state index < -0.39 is 0 Å². The molecule has 1 N–H and O–H groups in total. The second-order valence-electron chi connectivity index (χ2n) is 14.2. The lowest BCUT2D eigenvalue weighted by Crippen LogP contribution is -2.32. The van der Waals surface area contributed by atoms with E-state index in [1.165, 1.54) is 148 Å². The summed E-state index contributed by atoms with van der Waals surface area (Å²) in [6.07, 6.45) is 43.3. The van der Waals surface area contributed by atoms with Crippen LogP contribution in [0.3, 0.4) is 0 Å². The zero-order valence-corrected chi connectivity index (χ0v) is 32.7. The van der Waals surface area contributed by atoms with Gasteiger partial charge < -0.3 is 14.7 Å². The minimum Gasteiger partial charge on any atom is -0.465 e. The Balaban J connectivity index is 3.99. The summed E-state index contributed by atoms with van der Waals surface area (Å²) in [6.45, 7) is 12.9. The summed E-state index contributed by atoms with van der Waals surface area (Å²) < 4.78 is 5.65. The molecule has 0 atom stereocenters. The molecular formula is C43H84N2O3. The van der Waals surface area contributed by atoms with Gasteiger partial charge in [0.25, 0.3) is 0 Å². The summed E-state index contributed by atoms with van der Waals surface area (Å²) in [7, 11) is 0. The van der Waals surface area contributed by atoms with Crippen LogP contribution >= 0.6 is 0 Å². The number of esters is 1. The van der Waals surface area contributed by atoms with E-state index in [0.29, 0.717) is 13.2 Å². The van der Waals surface area contributed by atoms with Gasteiger partial charge in [0.2, 0.25) is 0 Å². The Morgan fingerprint density at radius 1 is 0.458 bits per heavy atom. The average Bonchev–Trinajstić information content (AvgIpc) is 3.08. The number of unbranched alkanes of at least 4 members (excludes halogenated alkanes) is 21.